The Hall–Kier alpha value is -4.71. The number of benzene rings is 2. The molecule has 0 spiro atoms. The lowest BCUT2D eigenvalue weighted by molar-refractivity contribution is -0.383. The normalized spacial score (nSPS) is 15.6. The number of hydrogen-bond acceptors (Lipinski definition) is 10. The number of aryl methyl sites for hydroxylation is 1. The number of fused-ring (bicyclic) bond motifs is 2. The van der Waals surface area contributed by atoms with E-state index in [0.29, 0.717) is 47.1 Å². The molecule has 12 nitrogen and oxygen atoms in total. The van der Waals surface area contributed by atoms with Gasteiger partial charge in [0.1, 0.15) is 17.0 Å². The van der Waals surface area contributed by atoms with Crippen molar-refractivity contribution in [1.82, 2.24) is 19.4 Å². The van der Waals surface area contributed by atoms with E-state index in [1.54, 1.807) is 31.4 Å². The van der Waals surface area contributed by atoms with Crippen molar-refractivity contribution in [3.8, 4) is 0 Å². The molecule has 0 saturated carbocycles. The predicted molar refractivity (Wildman–Crippen MR) is 153 cm³/mol. The molecule has 0 aliphatic carbocycles. The van der Waals surface area contributed by atoms with Crippen LogP contribution in [-0.2, 0) is 7.05 Å². The lowest BCUT2D eigenvalue weighted by Gasteiger charge is -2.34. The van der Waals surface area contributed by atoms with Gasteiger partial charge in [0.15, 0.2) is 0 Å². The second-order valence-corrected chi connectivity index (χ2v) is 9.84. The smallest absolute Gasteiger partial charge is 0.294 e. The van der Waals surface area contributed by atoms with E-state index in [1.807, 2.05) is 17.0 Å². The molecule has 6 rings (SSSR count). The van der Waals surface area contributed by atoms with Gasteiger partial charge < -0.3 is 25.3 Å². The Balaban J connectivity index is 1.28. The molecule has 2 aliphatic heterocycles. The molecule has 0 radical (unpaired) electrons. The Morgan fingerprint density at radius 3 is 2.51 bits per heavy atom. The summed E-state index contributed by atoms with van der Waals surface area (Å²) >= 11 is 0. The number of para-hydroxylation sites is 1. The third kappa shape index (κ3) is 4.59. The highest BCUT2D eigenvalue weighted by molar-refractivity contribution is 5.87. The fraction of sp³-hybridized carbons (Fsp3) is 0.296. The zero-order valence-electron chi connectivity index (χ0n) is 21.8. The summed E-state index contributed by atoms with van der Waals surface area (Å²) in [5.74, 6) is 0.390. The van der Waals surface area contributed by atoms with Crippen LogP contribution in [0.5, 0.6) is 0 Å². The topological polar surface area (TPSA) is 125 Å². The number of pyridine rings is 1. The molecule has 1 fully saturated rings. The first-order chi connectivity index (χ1) is 18.9. The summed E-state index contributed by atoms with van der Waals surface area (Å²) in [7, 11) is 3.81. The predicted octanol–water partition coefficient (Wildman–Crippen LogP) is 3.30. The molecular formula is C27H29N9O3. The minimum absolute atomic E-state index is 0.0228. The summed E-state index contributed by atoms with van der Waals surface area (Å²) in [6.45, 7) is 5.05. The van der Waals surface area contributed by atoms with Gasteiger partial charge in [0.05, 0.1) is 10.6 Å². The van der Waals surface area contributed by atoms with Crippen molar-refractivity contribution >= 4 is 51.1 Å². The SMILES string of the molecule is CN1CCN(c2ccc(Nc3ncc4cc(N5CCNc6c5cccc6[N+](=O)[O-])c(=O)n(C)c4n3)cc2)CC1. The van der Waals surface area contributed by atoms with Gasteiger partial charge >= 0.3 is 0 Å². The zero-order valence-corrected chi connectivity index (χ0v) is 21.8. The van der Waals surface area contributed by atoms with Crippen LogP contribution in [0.4, 0.5) is 40.1 Å². The van der Waals surface area contributed by atoms with Crippen LogP contribution in [-0.4, -0.2) is 70.7 Å². The number of nitrogens with zero attached hydrogens (tertiary/aromatic N) is 7. The summed E-state index contributed by atoms with van der Waals surface area (Å²) in [5.41, 5.74) is 3.67. The molecule has 1 saturated heterocycles. The fourth-order valence-corrected chi connectivity index (χ4v) is 5.18. The van der Waals surface area contributed by atoms with E-state index >= 15 is 0 Å². The first-order valence-electron chi connectivity index (χ1n) is 12.9. The van der Waals surface area contributed by atoms with E-state index < -0.39 is 4.92 Å². The van der Waals surface area contributed by atoms with E-state index in [4.69, 9.17) is 0 Å². The van der Waals surface area contributed by atoms with E-state index in [-0.39, 0.29) is 11.2 Å². The van der Waals surface area contributed by atoms with Crippen LogP contribution >= 0.6 is 0 Å². The minimum atomic E-state index is -0.420. The van der Waals surface area contributed by atoms with E-state index in [2.05, 4.69) is 49.6 Å². The molecule has 39 heavy (non-hydrogen) atoms. The largest absolute Gasteiger partial charge is 0.376 e. The van der Waals surface area contributed by atoms with Gasteiger partial charge in [-0.1, -0.05) is 6.07 Å². The lowest BCUT2D eigenvalue weighted by atomic mass is 10.1. The lowest BCUT2D eigenvalue weighted by Crippen LogP contribution is -2.44. The number of aromatic nitrogens is 3. The van der Waals surface area contributed by atoms with Crippen molar-refractivity contribution < 1.29 is 4.92 Å². The first kappa shape index (κ1) is 24.6. The van der Waals surface area contributed by atoms with Gasteiger partial charge in [-0.05, 0) is 43.4 Å². The molecule has 2 aromatic heterocycles. The number of hydrogen-bond donors (Lipinski definition) is 2. The molecule has 4 heterocycles. The highest BCUT2D eigenvalue weighted by Crippen LogP contribution is 2.39. The van der Waals surface area contributed by atoms with Crippen LogP contribution in [0, 0.1) is 10.1 Å². The Labute approximate surface area is 224 Å². The molecule has 2 N–H and O–H groups in total. The Bertz CT molecular complexity index is 1610. The average Bonchev–Trinajstić information content (AvgIpc) is 2.95. The van der Waals surface area contributed by atoms with Gasteiger partial charge in [0, 0.05) is 75.3 Å². The van der Waals surface area contributed by atoms with Crippen molar-refractivity contribution in [3.63, 3.8) is 0 Å². The second-order valence-electron chi connectivity index (χ2n) is 9.84. The van der Waals surface area contributed by atoms with Gasteiger partial charge in [0.2, 0.25) is 5.95 Å². The molecule has 200 valence electrons. The van der Waals surface area contributed by atoms with E-state index in [1.165, 1.54) is 16.3 Å². The summed E-state index contributed by atoms with van der Waals surface area (Å²) in [6.07, 6.45) is 1.68. The van der Waals surface area contributed by atoms with Crippen LogP contribution < -0.4 is 26.0 Å². The molecule has 2 aromatic carbocycles. The maximum atomic E-state index is 13.5. The number of nitrogens with one attached hydrogen (secondary N) is 2. The average molecular weight is 528 g/mol. The van der Waals surface area contributed by atoms with Crippen molar-refractivity contribution in [1.29, 1.82) is 0 Å². The van der Waals surface area contributed by atoms with Gasteiger partial charge in [-0.2, -0.15) is 4.98 Å². The van der Waals surface area contributed by atoms with Crippen LogP contribution in [0.25, 0.3) is 11.0 Å². The van der Waals surface area contributed by atoms with E-state index in [0.717, 1.165) is 31.9 Å². The van der Waals surface area contributed by atoms with Crippen LogP contribution in [0.1, 0.15) is 0 Å². The van der Waals surface area contributed by atoms with Crippen LogP contribution in [0.15, 0.2) is 59.5 Å². The highest BCUT2D eigenvalue weighted by atomic mass is 16.6. The summed E-state index contributed by atoms with van der Waals surface area (Å²) in [6, 6.07) is 14.8. The summed E-state index contributed by atoms with van der Waals surface area (Å²) < 4.78 is 1.49. The maximum absolute atomic E-state index is 13.5. The standard InChI is InChI=1S/C27H29N9O3/c1-32-12-14-34(15-13-32)20-8-6-19(7-9-20)30-27-29-17-18-16-23(26(37)33(2)25(18)31-27)35-11-10-28-24-21(35)4-3-5-22(24)36(38)39/h3-9,16-17,28H,10-15H2,1-2H3,(H,29,30,31). The van der Waals surface area contributed by atoms with Gasteiger partial charge in [-0.3, -0.25) is 19.5 Å². The van der Waals surface area contributed by atoms with Crippen molar-refractivity contribution in [2.75, 3.05) is 66.7 Å². The molecule has 0 atom stereocenters. The fourth-order valence-electron chi connectivity index (χ4n) is 5.18. The van der Waals surface area contributed by atoms with E-state index in [9.17, 15) is 14.9 Å². The summed E-state index contributed by atoms with van der Waals surface area (Å²) in [4.78, 5) is 40.2. The maximum Gasteiger partial charge on any atom is 0.294 e. The second kappa shape index (κ2) is 9.87. The Morgan fingerprint density at radius 2 is 1.77 bits per heavy atom. The third-order valence-electron chi connectivity index (χ3n) is 7.36. The molecule has 0 unspecified atom stereocenters. The Morgan fingerprint density at radius 1 is 1.00 bits per heavy atom. The number of rotatable bonds is 5. The number of nitro benzene ring substituents is 1. The number of piperazine rings is 1. The zero-order chi connectivity index (χ0) is 27.1. The monoisotopic (exact) mass is 527 g/mol. The first-order valence-corrected chi connectivity index (χ1v) is 12.9. The van der Waals surface area contributed by atoms with Gasteiger partial charge in [-0.25, -0.2) is 4.98 Å². The molecular weight excluding hydrogens is 498 g/mol. The number of likely N-dealkylation sites (N-methyl/N-ethyl adjacent to an activating group) is 1. The highest BCUT2D eigenvalue weighted by Gasteiger charge is 2.27. The van der Waals surface area contributed by atoms with Crippen molar-refractivity contribution in [2.24, 2.45) is 7.05 Å². The van der Waals surface area contributed by atoms with Crippen molar-refractivity contribution in [2.45, 2.75) is 0 Å². The van der Waals surface area contributed by atoms with Crippen LogP contribution in [0.3, 0.4) is 0 Å². The number of anilines is 6. The quantitative estimate of drug-likeness (QED) is 0.295. The number of nitro groups is 1. The minimum Gasteiger partial charge on any atom is -0.376 e. The van der Waals surface area contributed by atoms with Gasteiger partial charge in [-0.15, -0.1) is 0 Å². The summed E-state index contributed by atoms with van der Waals surface area (Å²) in [5, 5.41) is 18.6. The van der Waals surface area contributed by atoms with Gasteiger partial charge in [0.25, 0.3) is 11.2 Å². The Kier molecular flexibility index (Phi) is 6.23. The third-order valence-corrected chi connectivity index (χ3v) is 7.36. The van der Waals surface area contributed by atoms with Crippen molar-refractivity contribution in [3.05, 3.63) is 75.2 Å². The molecule has 2 aliphatic rings. The molecule has 12 heteroatoms. The molecule has 4 aromatic rings. The molecule has 0 amide bonds. The van der Waals surface area contributed by atoms with Crippen LogP contribution in [0.2, 0.25) is 0 Å². The molecule has 0 bridgehead atoms.